The molecule has 2 aromatic heterocycles. The molecule has 2 heterocycles. The second-order valence-corrected chi connectivity index (χ2v) is 5.59. The van der Waals surface area contributed by atoms with Crippen LogP contribution in [0.15, 0.2) is 67.1 Å². The van der Waals surface area contributed by atoms with Crippen LogP contribution in [0.4, 0.5) is 0 Å². The van der Waals surface area contributed by atoms with E-state index in [9.17, 15) is 4.79 Å². The summed E-state index contributed by atoms with van der Waals surface area (Å²) in [7, 11) is 0. The first kappa shape index (κ1) is 16.6. The van der Waals surface area contributed by atoms with Crippen molar-refractivity contribution in [2.24, 2.45) is 0 Å². The Morgan fingerprint density at radius 3 is 2.76 bits per heavy atom. The van der Waals surface area contributed by atoms with Crippen LogP contribution in [0.3, 0.4) is 0 Å². The first-order valence-corrected chi connectivity index (χ1v) is 8.24. The van der Waals surface area contributed by atoms with Crippen molar-refractivity contribution in [2.45, 2.75) is 13.5 Å². The Bertz CT molecular complexity index is 854. The van der Waals surface area contributed by atoms with E-state index in [1.807, 2.05) is 48.1 Å². The Morgan fingerprint density at radius 2 is 2.04 bits per heavy atom. The summed E-state index contributed by atoms with van der Waals surface area (Å²) in [6, 6.07) is 14.0. The molecular weight excluding hydrogens is 312 g/mol. The molecule has 0 radical (unpaired) electrons. The summed E-state index contributed by atoms with van der Waals surface area (Å²) in [5.41, 5.74) is 3.78. The van der Waals surface area contributed by atoms with Gasteiger partial charge in [0.2, 0.25) is 5.91 Å². The lowest BCUT2D eigenvalue weighted by Crippen LogP contribution is -2.19. The Kier molecular flexibility index (Phi) is 5.36. The summed E-state index contributed by atoms with van der Waals surface area (Å²) in [5, 5.41) is 7.45. The highest BCUT2D eigenvalue weighted by molar-refractivity contribution is 5.92. The molecule has 1 amide bonds. The van der Waals surface area contributed by atoms with Crippen LogP contribution in [0.5, 0.6) is 0 Å². The second kappa shape index (κ2) is 8.06. The fourth-order valence-corrected chi connectivity index (χ4v) is 2.54. The van der Waals surface area contributed by atoms with E-state index in [2.05, 4.69) is 22.4 Å². The number of carbonyl (C=O) groups is 1. The molecule has 0 saturated heterocycles. The molecule has 5 heteroatoms. The van der Waals surface area contributed by atoms with Crippen molar-refractivity contribution in [3.8, 4) is 11.3 Å². The maximum absolute atomic E-state index is 11.7. The third-order valence-electron chi connectivity index (χ3n) is 3.68. The Hall–Kier alpha value is -3.21. The fraction of sp³-hybridized carbons (Fsp3) is 0.150. The lowest BCUT2D eigenvalue weighted by molar-refractivity contribution is -0.116. The molecule has 0 bridgehead atoms. The van der Waals surface area contributed by atoms with Gasteiger partial charge in [0.05, 0.1) is 6.54 Å². The number of nitrogens with one attached hydrogen (secondary N) is 1. The smallest absolute Gasteiger partial charge is 0.243 e. The van der Waals surface area contributed by atoms with E-state index >= 15 is 0 Å². The summed E-state index contributed by atoms with van der Waals surface area (Å²) < 4.78 is 1.88. The van der Waals surface area contributed by atoms with Gasteiger partial charge in [0, 0.05) is 42.3 Å². The van der Waals surface area contributed by atoms with E-state index in [-0.39, 0.29) is 5.91 Å². The number of carbonyl (C=O) groups excluding carboxylic acids is 1. The zero-order chi connectivity index (χ0) is 17.5. The molecule has 0 saturated carbocycles. The average Bonchev–Trinajstić information content (AvgIpc) is 3.04. The van der Waals surface area contributed by atoms with Crippen LogP contribution in [0.2, 0.25) is 0 Å². The normalized spacial score (nSPS) is 10.9. The SMILES string of the molecule is CCNC(=O)/C=C/c1cn(Cc2ccccc2)nc1-c1cccnc1. The molecule has 1 aromatic carbocycles. The molecule has 0 aliphatic carbocycles. The minimum atomic E-state index is -0.115. The molecule has 0 aliphatic heterocycles. The largest absolute Gasteiger partial charge is 0.353 e. The lowest BCUT2D eigenvalue weighted by atomic mass is 10.1. The van der Waals surface area contributed by atoms with Crippen molar-refractivity contribution in [1.29, 1.82) is 0 Å². The van der Waals surface area contributed by atoms with Crippen LogP contribution >= 0.6 is 0 Å². The van der Waals surface area contributed by atoms with Gasteiger partial charge in [-0.1, -0.05) is 30.3 Å². The minimum absolute atomic E-state index is 0.115. The van der Waals surface area contributed by atoms with Crippen LogP contribution in [-0.2, 0) is 11.3 Å². The summed E-state index contributed by atoms with van der Waals surface area (Å²) in [6.07, 6.45) is 8.79. The first-order chi connectivity index (χ1) is 12.3. The molecule has 3 aromatic rings. The van der Waals surface area contributed by atoms with Gasteiger partial charge < -0.3 is 5.32 Å². The first-order valence-electron chi connectivity index (χ1n) is 8.24. The highest BCUT2D eigenvalue weighted by Gasteiger charge is 2.10. The summed E-state index contributed by atoms with van der Waals surface area (Å²) in [6.45, 7) is 3.17. The number of rotatable bonds is 6. The third-order valence-corrected chi connectivity index (χ3v) is 3.68. The van der Waals surface area contributed by atoms with Gasteiger partial charge in [0.15, 0.2) is 0 Å². The number of aromatic nitrogens is 3. The van der Waals surface area contributed by atoms with Crippen molar-refractivity contribution in [2.75, 3.05) is 6.54 Å². The highest BCUT2D eigenvalue weighted by Crippen LogP contribution is 2.22. The quantitative estimate of drug-likeness (QED) is 0.706. The van der Waals surface area contributed by atoms with Crippen molar-refractivity contribution in [3.05, 3.63) is 78.3 Å². The third kappa shape index (κ3) is 4.41. The number of nitrogens with zero attached hydrogens (tertiary/aromatic N) is 3. The van der Waals surface area contributed by atoms with E-state index < -0.39 is 0 Å². The maximum atomic E-state index is 11.7. The monoisotopic (exact) mass is 332 g/mol. The van der Waals surface area contributed by atoms with E-state index in [1.54, 1.807) is 18.5 Å². The number of pyridine rings is 1. The van der Waals surface area contributed by atoms with Crippen LogP contribution in [0.25, 0.3) is 17.3 Å². The molecule has 0 fully saturated rings. The van der Waals surface area contributed by atoms with Crippen molar-refractivity contribution in [1.82, 2.24) is 20.1 Å². The standard InChI is InChI=1S/C20H20N4O/c1-2-22-19(25)11-10-18-15-24(14-16-7-4-3-5-8-16)23-20(18)17-9-6-12-21-13-17/h3-13,15H,2,14H2,1H3,(H,22,25)/b11-10+. The van der Waals surface area contributed by atoms with Crippen molar-refractivity contribution in [3.63, 3.8) is 0 Å². The average molecular weight is 332 g/mol. The predicted octanol–water partition coefficient (Wildman–Crippen LogP) is 3.14. The second-order valence-electron chi connectivity index (χ2n) is 5.59. The Morgan fingerprint density at radius 1 is 1.20 bits per heavy atom. The molecular formula is C20H20N4O. The number of amides is 1. The number of likely N-dealkylation sites (N-methyl/N-ethyl adjacent to an activating group) is 1. The van der Waals surface area contributed by atoms with Crippen LogP contribution < -0.4 is 5.32 Å². The molecule has 0 aliphatic rings. The van der Waals surface area contributed by atoms with Crippen LogP contribution in [-0.4, -0.2) is 27.2 Å². The molecule has 1 N–H and O–H groups in total. The van der Waals surface area contributed by atoms with Gasteiger partial charge >= 0.3 is 0 Å². The van der Waals surface area contributed by atoms with Gasteiger partial charge in [-0.25, -0.2) is 0 Å². The van der Waals surface area contributed by atoms with Crippen molar-refractivity contribution >= 4 is 12.0 Å². The summed E-state index contributed by atoms with van der Waals surface area (Å²) in [5.74, 6) is -0.115. The van der Waals surface area contributed by atoms with Crippen LogP contribution in [0, 0.1) is 0 Å². The van der Waals surface area contributed by atoms with Gasteiger partial charge in [-0.3, -0.25) is 14.5 Å². The maximum Gasteiger partial charge on any atom is 0.243 e. The number of hydrogen-bond acceptors (Lipinski definition) is 3. The molecule has 25 heavy (non-hydrogen) atoms. The Balaban J connectivity index is 1.92. The Labute approximate surface area is 147 Å². The topological polar surface area (TPSA) is 59.8 Å². The molecule has 0 spiro atoms. The molecule has 0 unspecified atom stereocenters. The molecule has 5 nitrogen and oxygen atoms in total. The zero-order valence-corrected chi connectivity index (χ0v) is 14.1. The highest BCUT2D eigenvalue weighted by atomic mass is 16.1. The summed E-state index contributed by atoms with van der Waals surface area (Å²) in [4.78, 5) is 15.9. The van der Waals surface area contributed by atoms with E-state index in [1.165, 1.54) is 11.6 Å². The molecule has 126 valence electrons. The van der Waals surface area contributed by atoms with Crippen LogP contribution in [0.1, 0.15) is 18.1 Å². The van der Waals surface area contributed by atoms with E-state index in [0.29, 0.717) is 13.1 Å². The summed E-state index contributed by atoms with van der Waals surface area (Å²) >= 11 is 0. The van der Waals surface area contributed by atoms with Gasteiger partial charge in [-0.15, -0.1) is 0 Å². The van der Waals surface area contributed by atoms with Gasteiger partial charge in [0.25, 0.3) is 0 Å². The number of benzene rings is 1. The fourth-order valence-electron chi connectivity index (χ4n) is 2.54. The predicted molar refractivity (Wildman–Crippen MR) is 98.7 cm³/mol. The van der Waals surface area contributed by atoms with E-state index in [4.69, 9.17) is 5.10 Å². The van der Waals surface area contributed by atoms with Crippen molar-refractivity contribution < 1.29 is 4.79 Å². The van der Waals surface area contributed by atoms with E-state index in [0.717, 1.165) is 16.8 Å². The molecule has 0 atom stereocenters. The zero-order valence-electron chi connectivity index (χ0n) is 14.1. The van der Waals surface area contributed by atoms with Gasteiger partial charge in [0.1, 0.15) is 5.69 Å². The van der Waals surface area contributed by atoms with Gasteiger partial charge in [-0.2, -0.15) is 5.10 Å². The minimum Gasteiger partial charge on any atom is -0.353 e. The molecule has 3 rings (SSSR count). The number of hydrogen-bond donors (Lipinski definition) is 1. The van der Waals surface area contributed by atoms with Gasteiger partial charge in [-0.05, 0) is 30.7 Å². The lowest BCUT2D eigenvalue weighted by Gasteiger charge is -2.01.